The molecule has 3 N–H and O–H groups in total. The van der Waals surface area contributed by atoms with Crippen LogP contribution in [-0.4, -0.2) is 51.6 Å². The van der Waals surface area contributed by atoms with Gasteiger partial charge in [-0.1, -0.05) is 6.07 Å². The Labute approximate surface area is 163 Å². The molecule has 0 atom stereocenters. The maximum atomic E-state index is 4.54. The molecule has 0 saturated carbocycles. The number of benzene rings is 1. The van der Waals surface area contributed by atoms with Gasteiger partial charge < -0.3 is 15.2 Å². The molecule has 7 heteroatoms. The molecule has 3 aromatic heterocycles. The van der Waals surface area contributed by atoms with Gasteiger partial charge in [0.05, 0.1) is 17.4 Å². The summed E-state index contributed by atoms with van der Waals surface area (Å²) >= 11 is 0. The van der Waals surface area contributed by atoms with Crippen LogP contribution in [0, 0.1) is 0 Å². The molecule has 0 aliphatic carbocycles. The molecule has 0 spiro atoms. The van der Waals surface area contributed by atoms with Crippen molar-refractivity contribution in [3.05, 3.63) is 48.9 Å². The predicted molar refractivity (Wildman–Crippen MR) is 111 cm³/mol. The van der Waals surface area contributed by atoms with Crippen LogP contribution in [-0.2, 0) is 0 Å². The minimum Gasteiger partial charge on any atom is -0.361 e. The van der Waals surface area contributed by atoms with E-state index in [1.54, 1.807) is 0 Å². The zero-order chi connectivity index (χ0) is 18.9. The molecular weight excluding hydrogens is 350 g/mol. The van der Waals surface area contributed by atoms with Crippen molar-refractivity contribution in [2.75, 3.05) is 25.0 Å². The Kier molecular flexibility index (Phi) is 4.29. The second-order valence-electron chi connectivity index (χ2n) is 7.28. The third kappa shape index (κ3) is 2.93. The second kappa shape index (κ2) is 7.09. The Balaban J connectivity index is 1.47. The Hall–Kier alpha value is -3.19. The van der Waals surface area contributed by atoms with E-state index in [1.165, 1.54) is 0 Å². The molecule has 1 saturated heterocycles. The van der Waals surface area contributed by atoms with Gasteiger partial charge in [-0.25, -0.2) is 0 Å². The van der Waals surface area contributed by atoms with Crippen molar-refractivity contribution in [1.82, 2.24) is 30.7 Å². The Morgan fingerprint density at radius 1 is 1.00 bits per heavy atom. The lowest BCUT2D eigenvalue weighted by molar-refractivity contribution is 0.441. The van der Waals surface area contributed by atoms with Crippen LogP contribution in [0.1, 0.15) is 12.8 Å². The number of hydrogen-bond acceptors (Lipinski definition) is 5. The molecule has 1 aromatic carbocycles. The molecule has 4 heterocycles. The fourth-order valence-electron chi connectivity index (χ4n) is 4.06. The number of rotatable bonds is 4. The van der Waals surface area contributed by atoms with Crippen LogP contribution in [0.5, 0.6) is 0 Å². The van der Waals surface area contributed by atoms with Crippen molar-refractivity contribution in [3.63, 3.8) is 0 Å². The summed E-state index contributed by atoms with van der Waals surface area (Å²) in [7, 11) is 2.11. The van der Waals surface area contributed by atoms with Crippen LogP contribution in [0.2, 0.25) is 0 Å². The molecule has 0 radical (unpaired) electrons. The summed E-state index contributed by atoms with van der Waals surface area (Å²) < 4.78 is 0. The number of nitrogens with one attached hydrogen (secondary N) is 3. The summed E-state index contributed by atoms with van der Waals surface area (Å²) in [5.41, 5.74) is 5.20. The topological polar surface area (TPSA) is 85.5 Å². The van der Waals surface area contributed by atoms with Crippen LogP contribution in [0.15, 0.2) is 48.9 Å². The Morgan fingerprint density at radius 3 is 2.61 bits per heavy atom. The third-order valence-corrected chi connectivity index (χ3v) is 5.68. The smallest absolute Gasteiger partial charge is 0.151 e. The number of nitrogens with zero attached hydrogens (tertiary/aromatic N) is 4. The Bertz CT molecular complexity index is 1060. The largest absolute Gasteiger partial charge is 0.361 e. The lowest BCUT2D eigenvalue weighted by Gasteiger charge is -2.32. The summed E-state index contributed by atoms with van der Waals surface area (Å²) in [6.07, 6.45) is 7.99. The van der Waals surface area contributed by atoms with Gasteiger partial charge in [0.2, 0.25) is 0 Å². The minimum atomic E-state index is 0.519. The van der Waals surface area contributed by atoms with Crippen LogP contribution < -0.4 is 10.2 Å². The normalized spacial score (nSPS) is 15.2. The highest BCUT2D eigenvalue weighted by Gasteiger charge is 2.19. The molecule has 1 fully saturated rings. The van der Waals surface area contributed by atoms with Gasteiger partial charge in [-0.3, -0.25) is 5.10 Å². The molecule has 5 rings (SSSR count). The number of fused-ring (bicyclic) bond motifs is 1. The summed E-state index contributed by atoms with van der Waals surface area (Å²) in [4.78, 5) is 5.62. The van der Waals surface area contributed by atoms with Crippen molar-refractivity contribution in [3.8, 4) is 22.4 Å². The molecule has 142 valence electrons. The molecule has 0 amide bonds. The number of anilines is 1. The molecule has 7 nitrogen and oxygen atoms in total. The van der Waals surface area contributed by atoms with Gasteiger partial charge in [0, 0.05) is 42.0 Å². The van der Waals surface area contributed by atoms with E-state index in [9.17, 15) is 0 Å². The fraction of sp³-hybridized carbons (Fsp3) is 0.286. The fourth-order valence-corrected chi connectivity index (χ4v) is 4.06. The van der Waals surface area contributed by atoms with Gasteiger partial charge in [0.1, 0.15) is 0 Å². The molecule has 0 bridgehead atoms. The van der Waals surface area contributed by atoms with Crippen molar-refractivity contribution in [1.29, 1.82) is 0 Å². The van der Waals surface area contributed by atoms with E-state index in [0.717, 1.165) is 65.0 Å². The van der Waals surface area contributed by atoms with E-state index in [-0.39, 0.29) is 0 Å². The maximum absolute atomic E-state index is 4.54. The van der Waals surface area contributed by atoms with E-state index >= 15 is 0 Å². The van der Waals surface area contributed by atoms with Gasteiger partial charge >= 0.3 is 0 Å². The van der Waals surface area contributed by atoms with Crippen molar-refractivity contribution in [2.24, 2.45) is 0 Å². The third-order valence-electron chi connectivity index (χ3n) is 5.68. The number of hydrogen-bond donors (Lipinski definition) is 3. The predicted octanol–water partition coefficient (Wildman–Crippen LogP) is 3.20. The number of aromatic nitrogens is 5. The van der Waals surface area contributed by atoms with Crippen LogP contribution >= 0.6 is 0 Å². The average molecular weight is 373 g/mol. The molecule has 1 aliphatic heterocycles. The lowest BCUT2D eigenvalue weighted by Crippen LogP contribution is -2.41. The first kappa shape index (κ1) is 16.9. The van der Waals surface area contributed by atoms with Crippen molar-refractivity contribution >= 4 is 16.7 Å². The highest BCUT2D eigenvalue weighted by Crippen LogP contribution is 2.34. The van der Waals surface area contributed by atoms with Crippen LogP contribution in [0.4, 0.5) is 5.82 Å². The molecule has 0 unspecified atom stereocenters. The van der Waals surface area contributed by atoms with E-state index < -0.39 is 0 Å². The maximum Gasteiger partial charge on any atom is 0.151 e. The van der Waals surface area contributed by atoms with Gasteiger partial charge in [0.15, 0.2) is 5.82 Å². The SMILES string of the molecule is CN(c1ccc(-c2ccc(-c3cn[nH]c3)c3cc[nH]c23)nn1)C1CCNCC1. The molecule has 4 aromatic rings. The zero-order valence-electron chi connectivity index (χ0n) is 15.8. The summed E-state index contributed by atoms with van der Waals surface area (Å²) in [6, 6.07) is 11.0. The summed E-state index contributed by atoms with van der Waals surface area (Å²) in [5.74, 6) is 0.924. The van der Waals surface area contributed by atoms with Crippen molar-refractivity contribution in [2.45, 2.75) is 18.9 Å². The number of aromatic amines is 2. The summed E-state index contributed by atoms with van der Waals surface area (Å²) in [5, 5.41) is 20.6. The highest BCUT2D eigenvalue weighted by atomic mass is 15.3. The summed E-state index contributed by atoms with van der Waals surface area (Å²) in [6.45, 7) is 2.13. The number of H-pyrrole nitrogens is 2. The van der Waals surface area contributed by atoms with Gasteiger partial charge in [-0.05, 0) is 55.8 Å². The van der Waals surface area contributed by atoms with Gasteiger partial charge in [-0.15, -0.1) is 10.2 Å². The second-order valence-corrected chi connectivity index (χ2v) is 7.28. The van der Waals surface area contributed by atoms with Gasteiger partial charge in [0.25, 0.3) is 0 Å². The molecule has 28 heavy (non-hydrogen) atoms. The van der Waals surface area contributed by atoms with E-state index in [4.69, 9.17) is 0 Å². The zero-order valence-corrected chi connectivity index (χ0v) is 15.8. The average Bonchev–Trinajstić information content (AvgIpc) is 3.46. The van der Waals surface area contributed by atoms with Gasteiger partial charge in [-0.2, -0.15) is 5.10 Å². The lowest BCUT2D eigenvalue weighted by atomic mass is 10.00. The minimum absolute atomic E-state index is 0.519. The highest BCUT2D eigenvalue weighted by molar-refractivity contribution is 6.02. The first-order chi connectivity index (χ1) is 13.8. The Morgan fingerprint density at radius 2 is 1.86 bits per heavy atom. The standard InChI is InChI=1S/C21H23N7/c1-28(15-6-9-22-10-7-15)20-5-4-19(26-27-20)18-3-2-16(14-12-24-25-13-14)17-8-11-23-21(17)18/h2-5,8,11-13,15,22-23H,6-7,9-10H2,1H3,(H,24,25). The first-order valence-electron chi connectivity index (χ1n) is 9.68. The number of piperidine rings is 1. The van der Waals surface area contributed by atoms with Crippen molar-refractivity contribution < 1.29 is 0 Å². The molecule has 1 aliphatic rings. The molecular formula is C21H23N7. The van der Waals surface area contributed by atoms with E-state index in [1.807, 2.05) is 18.6 Å². The monoisotopic (exact) mass is 373 g/mol. The first-order valence-corrected chi connectivity index (χ1v) is 9.68. The van der Waals surface area contributed by atoms with Crippen LogP contribution in [0.25, 0.3) is 33.3 Å². The van der Waals surface area contributed by atoms with Crippen LogP contribution in [0.3, 0.4) is 0 Å². The van der Waals surface area contributed by atoms with E-state index in [2.05, 4.69) is 73.0 Å². The van der Waals surface area contributed by atoms with E-state index in [0.29, 0.717) is 6.04 Å². The quantitative estimate of drug-likeness (QED) is 0.511.